The van der Waals surface area contributed by atoms with Gasteiger partial charge >= 0.3 is 0 Å². The minimum absolute atomic E-state index is 0.0945. The zero-order valence-corrected chi connectivity index (χ0v) is 10.6. The van der Waals surface area contributed by atoms with Gasteiger partial charge in [0.2, 0.25) is 5.82 Å². The lowest BCUT2D eigenvalue weighted by Crippen LogP contribution is -1.86. The average Bonchev–Trinajstić information content (AvgIpc) is 2.94. The van der Waals surface area contributed by atoms with Gasteiger partial charge in [0.15, 0.2) is 11.6 Å². The van der Waals surface area contributed by atoms with E-state index in [1.807, 2.05) is 0 Å². The lowest BCUT2D eigenvalue weighted by molar-refractivity contribution is 0.429. The number of halogens is 1. The first-order valence-corrected chi connectivity index (χ1v) is 5.96. The molecule has 6 nitrogen and oxygen atoms in total. The summed E-state index contributed by atoms with van der Waals surface area (Å²) in [4.78, 5) is 4.11. The highest BCUT2D eigenvalue weighted by atomic mass is 19.1. The Hall–Kier alpha value is -3.09. The Bertz CT molecular complexity index is 751. The van der Waals surface area contributed by atoms with Crippen LogP contribution in [0.3, 0.4) is 0 Å². The maximum absolute atomic E-state index is 13.3. The molecular formula is C14H10FN3O3. The zero-order chi connectivity index (χ0) is 15.0. The Kier molecular flexibility index (Phi) is 2.94. The number of aromatic nitrogens is 2. The first kappa shape index (κ1) is 12.9. The van der Waals surface area contributed by atoms with Gasteiger partial charge in [0, 0.05) is 11.1 Å². The largest absolute Gasteiger partial charge is 0.506 e. The number of nitrogens with two attached hydrogens (primary N) is 1. The minimum Gasteiger partial charge on any atom is -0.506 e. The second-order valence-corrected chi connectivity index (χ2v) is 4.36. The number of phenols is 2. The fourth-order valence-electron chi connectivity index (χ4n) is 1.78. The van der Waals surface area contributed by atoms with E-state index in [0.29, 0.717) is 11.1 Å². The molecule has 1 aromatic heterocycles. The van der Waals surface area contributed by atoms with E-state index in [2.05, 4.69) is 10.1 Å². The first-order valence-electron chi connectivity index (χ1n) is 5.96. The van der Waals surface area contributed by atoms with Crippen molar-refractivity contribution in [3.8, 4) is 34.3 Å². The van der Waals surface area contributed by atoms with E-state index in [-0.39, 0.29) is 23.2 Å². The normalized spacial score (nSPS) is 10.7. The quantitative estimate of drug-likeness (QED) is 0.494. The van der Waals surface area contributed by atoms with Crippen LogP contribution in [-0.2, 0) is 0 Å². The summed E-state index contributed by atoms with van der Waals surface area (Å²) in [6.45, 7) is 0. The molecular weight excluding hydrogens is 277 g/mol. The SMILES string of the molecule is Nc1ccc(-c2nc(-c3ccc(O)c(F)c3)no2)cc1O. The van der Waals surface area contributed by atoms with Crippen LogP contribution in [0.25, 0.3) is 22.8 Å². The summed E-state index contributed by atoms with van der Waals surface area (Å²) in [5.74, 6) is -0.994. The number of phenolic OH excluding ortho intramolecular Hbond substituents is 2. The van der Waals surface area contributed by atoms with Crippen LogP contribution in [0.5, 0.6) is 11.5 Å². The topological polar surface area (TPSA) is 105 Å². The molecule has 106 valence electrons. The number of hydrogen-bond acceptors (Lipinski definition) is 6. The molecule has 3 aromatic rings. The number of nitrogen functional groups attached to an aromatic ring is 1. The van der Waals surface area contributed by atoms with Gasteiger partial charge in [-0.2, -0.15) is 4.98 Å². The molecule has 1 heterocycles. The molecule has 0 spiro atoms. The number of rotatable bonds is 2. The van der Waals surface area contributed by atoms with Crippen molar-refractivity contribution in [1.29, 1.82) is 0 Å². The summed E-state index contributed by atoms with van der Waals surface area (Å²) in [7, 11) is 0. The molecule has 21 heavy (non-hydrogen) atoms. The van der Waals surface area contributed by atoms with E-state index >= 15 is 0 Å². The summed E-state index contributed by atoms with van der Waals surface area (Å²) in [6.07, 6.45) is 0. The third-order valence-corrected chi connectivity index (χ3v) is 2.91. The van der Waals surface area contributed by atoms with Crippen LogP contribution < -0.4 is 5.73 Å². The van der Waals surface area contributed by atoms with E-state index < -0.39 is 11.6 Å². The van der Waals surface area contributed by atoms with Gasteiger partial charge in [-0.25, -0.2) is 4.39 Å². The highest BCUT2D eigenvalue weighted by Gasteiger charge is 2.13. The van der Waals surface area contributed by atoms with E-state index in [4.69, 9.17) is 15.4 Å². The van der Waals surface area contributed by atoms with Crippen LogP contribution in [0.15, 0.2) is 40.9 Å². The first-order chi connectivity index (χ1) is 10.0. The predicted molar refractivity (Wildman–Crippen MR) is 72.9 cm³/mol. The zero-order valence-electron chi connectivity index (χ0n) is 10.6. The van der Waals surface area contributed by atoms with Gasteiger partial charge in [-0.1, -0.05) is 5.16 Å². The lowest BCUT2D eigenvalue weighted by atomic mass is 10.2. The third kappa shape index (κ3) is 2.36. The van der Waals surface area contributed by atoms with Gasteiger partial charge in [-0.3, -0.25) is 0 Å². The number of anilines is 1. The summed E-state index contributed by atoms with van der Waals surface area (Å²) < 4.78 is 18.4. The third-order valence-electron chi connectivity index (χ3n) is 2.91. The van der Waals surface area contributed by atoms with Crippen molar-refractivity contribution >= 4 is 5.69 Å². The maximum atomic E-state index is 13.3. The summed E-state index contributed by atoms with van der Waals surface area (Å²) in [5.41, 5.74) is 6.59. The van der Waals surface area contributed by atoms with Gasteiger partial charge in [0.1, 0.15) is 5.75 Å². The van der Waals surface area contributed by atoms with Crippen LogP contribution >= 0.6 is 0 Å². The Balaban J connectivity index is 1.99. The van der Waals surface area contributed by atoms with Gasteiger partial charge in [-0.05, 0) is 36.4 Å². The van der Waals surface area contributed by atoms with Crippen LogP contribution in [0.2, 0.25) is 0 Å². The standard InChI is InChI=1S/C14H10FN3O3/c15-9-5-7(2-4-11(9)19)13-17-14(21-18-13)8-1-3-10(16)12(20)6-8/h1-6,19-20H,16H2. The fraction of sp³-hybridized carbons (Fsp3) is 0. The van der Waals surface area contributed by atoms with Gasteiger partial charge < -0.3 is 20.5 Å². The molecule has 7 heteroatoms. The van der Waals surface area contributed by atoms with Crippen LogP contribution in [-0.4, -0.2) is 20.4 Å². The van der Waals surface area contributed by atoms with Crippen molar-refractivity contribution in [2.75, 3.05) is 5.73 Å². The minimum atomic E-state index is -0.774. The summed E-state index contributed by atoms with van der Waals surface area (Å²) >= 11 is 0. The number of hydrogen-bond donors (Lipinski definition) is 3. The molecule has 0 saturated heterocycles. The smallest absolute Gasteiger partial charge is 0.258 e. The molecule has 0 bridgehead atoms. The van der Waals surface area contributed by atoms with Crippen LogP contribution in [0.1, 0.15) is 0 Å². The summed E-state index contributed by atoms with van der Waals surface area (Å²) in [6, 6.07) is 8.29. The van der Waals surface area contributed by atoms with E-state index in [1.54, 1.807) is 6.07 Å². The Labute approximate surface area is 118 Å². The van der Waals surface area contributed by atoms with E-state index in [1.165, 1.54) is 24.3 Å². The van der Waals surface area contributed by atoms with Crippen LogP contribution in [0.4, 0.5) is 10.1 Å². The Morgan fingerprint density at radius 3 is 2.48 bits per heavy atom. The van der Waals surface area contributed by atoms with Crippen molar-refractivity contribution in [2.24, 2.45) is 0 Å². The summed E-state index contributed by atoms with van der Waals surface area (Å²) in [5, 5.41) is 22.4. The molecule has 0 amide bonds. The van der Waals surface area contributed by atoms with Gasteiger partial charge in [0.05, 0.1) is 5.69 Å². The molecule has 4 N–H and O–H groups in total. The predicted octanol–water partition coefficient (Wildman–Crippen LogP) is 2.54. The van der Waals surface area contributed by atoms with Crippen molar-refractivity contribution in [3.05, 3.63) is 42.2 Å². The van der Waals surface area contributed by atoms with Crippen molar-refractivity contribution in [1.82, 2.24) is 10.1 Å². The molecule has 2 aromatic carbocycles. The highest BCUT2D eigenvalue weighted by molar-refractivity contribution is 5.65. The molecule has 0 radical (unpaired) electrons. The number of nitrogens with zero attached hydrogens (tertiary/aromatic N) is 2. The monoisotopic (exact) mass is 287 g/mol. The molecule has 0 atom stereocenters. The maximum Gasteiger partial charge on any atom is 0.258 e. The second kappa shape index (κ2) is 4.78. The Morgan fingerprint density at radius 1 is 1.00 bits per heavy atom. The fourth-order valence-corrected chi connectivity index (χ4v) is 1.78. The van der Waals surface area contributed by atoms with Gasteiger partial charge in [0.25, 0.3) is 5.89 Å². The average molecular weight is 287 g/mol. The molecule has 3 rings (SSSR count). The molecule has 0 aliphatic rings. The van der Waals surface area contributed by atoms with E-state index in [0.717, 1.165) is 6.07 Å². The highest BCUT2D eigenvalue weighted by Crippen LogP contribution is 2.29. The Morgan fingerprint density at radius 2 is 1.76 bits per heavy atom. The van der Waals surface area contributed by atoms with Crippen molar-refractivity contribution in [2.45, 2.75) is 0 Å². The molecule has 0 aliphatic heterocycles. The van der Waals surface area contributed by atoms with Gasteiger partial charge in [-0.15, -0.1) is 0 Å². The molecule has 0 saturated carbocycles. The number of benzene rings is 2. The van der Waals surface area contributed by atoms with E-state index in [9.17, 15) is 9.50 Å². The second-order valence-electron chi connectivity index (χ2n) is 4.36. The number of aromatic hydroxyl groups is 2. The lowest BCUT2D eigenvalue weighted by Gasteiger charge is -1.99. The van der Waals surface area contributed by atoms with Crippen molar-refractivity contribution in [3.63, 3.8) is 0 Å². The molecule has 0 aliphatic carbocycles. The van der Waals surface area contributed by atoms with Crippen molar-refractivity contribution < 1.29 is 19.1 Å². The molecule has 0 fully saturated rings. The molecule has 0 unspecified atom stereocenters. The van der Waals surface area contributed by atoms with Crippen LogP contribution in [0, 0.1) is 5.82 Å².